The van der Waals surface area contributed by atoms with E-state index in [0.717, 1.165) is 37.9 Å². The Kier molecular flexibility index (Phi) is 7.54. The van der Waals surface area contributed by atoms with E-state index in [2.05, 4.69) is 22.3 Å². The van der Waals surface area contributed by atoms with Gasteiger partial charge in [0.1, 0.15) is 12.4 Å². The minimum atomic E-state index is -0.104. The van der Waals surface area contributed by atoms with E-state index in [9.17, 15) is 4.79 Å². The third-order valence-corrected chi connectivity index (χ3v) is 5.86. The molecule has 1 amide bonds. The molecule has 166 valence electrons. The molecule has 3 aromatic carbocycles. The first-order valence-electron chi connectivity index (χ1n) is 11.3. The van der Waals surface area contributed by atoms with Gasteiger partial charge in [0.25, 0.3) is 5.91 Å². The Labute approximate surface area is 190 Å². The number of benzene rings is 3. The molecule has 1 aliphatic heterocycles. The van der Waals surface area contributed by atoms with E-state index in [1.807, 2.05) is 66.7 Å². The molecule has 0 spiro atoms. The second-order valence-electron chi connectivity index (χ2n) is 8.39. The maximum atomic E-state index is 13.1. The van der Waals surface area contributed by atoms with Crippen LogP contribution in [0, 0.1) is 0 Å². The normalized spacial score (nSPS) is 19.2. The predicted octanol–water partition coefficient (Wildman–Crippen LogP) is 4.33. The second kappa shape index (κ2) is 10.9. The summed E-state index contributed by atoms with van der Waals surface area (Å²) < 4.78 is 5.90. The fourth-order valence-electron chi connectivity index (χ4n) is 4.13. The lowest BCUT2D eigenvalue weighted by atomic mass is 10.1. The zero-order valence-electron chi connectivity index (χ0n) is 18.3. The molecule has 32 heavy (non-hydrogen) atoms. The van der Waals surface area contributed by atoms with E-state index < -0.39 is 0 Å². The molecule has 3 aromatic rings. The summed E-state index contributed by atoms with van der Waals surface area (Å²) in [6.07, 6.45) is 2.64. The molecule has 0 radical (unpaired) electrons. The number of ether oxygens (including phenoxy) is 1. The third kappa shape index (κ3) is 6.19. The number of hydrogen-bond donors (Lipinski definition) is 2. The molecular weight excluding hydrogens is 398 g/mol. The Bertz CT molecular complexity index is 994. The summed E-state index contributed by atoms with van der Waals surface area (Å²) in [6.45, 7) is 2.17. The summed E-state index contributed by atoms with van der Waals surface area (Å²) >= 11 is 0. The van der Waals surface area contributed by atoms with Crippen molar-refractivity contribution in [1.82, 2.24) is 10.2 Å². The van der Waals surface area contributed by atoms with Crippen LogP contribution in [0.25, 0.3) is 0 Å². The summed E-state index contributed by atoms with van der Waals surface area (Å²) in [4.78, 5) is 15.5. The van der Waals surface area contributed by atoms with Gasteiger partial charge >= 0.3 is 0 Å². The van der Waals surface area contributed by atoms with Crippen LogP contribution in [0.5, 0.6) is 5.75 Å². The van der Waals surface area contributed by atoms with Crippen molar-refractivity contribution in [3.63, 3.8) is 0 Å². The van der Waals surface area contributed by atoms with Gasteiger partial charge in [0.05, 0.1) is 6.17 Å². The van der Waals surface area contributed by atoms with Gasteiger partial charge in [0.2, 0.25) is 0 Å². The molecule has 1 fully saturated rings. The van der Waals surface area contributed by atoms with Gasteiger partial charge in [-0.05, 0) is 48.6 Å². The van der Waals surface area contributed by atoms with E-state index in [1.54, 1.807) is 6.07 Å². The molecule has 1 aliphatic rings. The minimum Gasteiger partial charge on any atom is -0.489 e. The quantitative estimate of drug-likeness (QED) is 0.586. The van der Waals surface area contributed by atoms with Gasteiger partial charge in [0.15, 0.2) is 0 Å². The number of carbonyl (C=O) groups is 1. The number of nitrogens with two attached hydrogens (primary N) is 1. The number of nitrogens with zero attached hydrogens (tertiary/aromatic N) is 1. The standard InChI is InChI=1S/C27H31N3O2/c28-24-14-8-16-30(19-21-9-3-1-4-10-21)26(18-24)29-27(31)23-13-7-15-25(17-23)32-20-22-11-5-2-6-12-22/h1-7,9-13,15,17,24,26H,8,14,16,18-20,28H2,(H,29,31). The number of carbonyl (C=O) groups excluding carboxylic acids is 1. The number of likely N-dealkylation sites (tertiary alicyclic amines) is 1. The van der Waals surface area contributed by atoms with Crippen LogP contribution in [0.15, 0.2) is 84.9 Å². The first kappa shape index (κ1) is 22.1. The van der Waals surface area contributed by atoms with Crippen LogP contribution >= 0.6 is 0 Å². The van der Waals surface area contributed by atoms with Gasteiger partial charge in [-0.2, -0.15) is 0 Å². The Morgan fingerprint density at radius 1 is 0.969 bits per heavy atom. The zero-order chi connectivity index (χ0) is 22.2. The number of amides is 1. The highest BCUT2D eigenvalue weighted by molar-refractivity contribution is 5.94. The summed E-state index contributed by atoms with van der Waals surface area (Å²) in [7, 11) is 0. The van der Waals surface area contributed by atoms with Gasteiger partial charge < -0.3 is 15.8 Å². The first-order chi connectivity index (χ1) is 15.7. The Balaban J connectivity index is 1.43. The fraction of sp³-hybridized carbons (Fsp3) is 0.296. The lowest BCUT2D eigenvalue weighted by molar-refractivity contribution is 0.0834. The maximum absolute atomic E-state index is 13.1. The molecule has 2 unspecified atom stereocenters. The van der Waals surface area contributed by atoms with Crippen molar-refractivity contribution in [3.05, 3.63) is 102 Å². The zero-order valence-corrected chi connectivity index (χ0v) is 18.3. The highest BCUT2D eigenvalue weighted by Crippen LogP contribution is 2.20. The third-order valence-electron chi connectivity index (χ3n) is 5.86. The lowest BCUT2D eigenvalue weighted by Crippen LogP contribution is -2.49. The fourth-order valence-corrected chi connectivity index (χ4v) is 4.13. The number of nitrogens with one attached hydrogen (secondary N) is 1. The maximum Gasteiger partial charge on any atom is 0.252 e. The van der Waals surface area contributed by atoms with Crippen molar-refractivity contribution < 1.29 is 9.53 Å². The average molecular weight is 430 g/mol. The lowest BCUT2D eigenvalue weighted by Gasteiger charge is -2.31. The van der Waals surface area contributed by atoms with Crippen LogP contribution in [0.3, 0.4) is 0 Å². The van der Waals surface area contributed by atoms with Crippen LogP contribution in [0.2, 0.25) is 0 Å². The molecule has 2 atom stereocenters. The molecule has 5 nitrogen and oxygen atoms in total. The van der Waals surface area contributed by atoms with E-state index in [4.69, 9.17) is 10.5 Å². The summed E-state index contributed by atoms with van der Waals surface area (Å²) in [5, 5.41) is 3.23. The van der Waals surface area contributed by atoms with Gasteiger partial charge in [-0.1, -0.05) is 66.7 Å². The van der Waals surface area contributed by atoms with Crippen molar-refractivity contribution in [1.29, 1.82) is 0 Å². The number of rotatable bonds is 7. The molecule has 4 rings (SSSR count). The van der Waals surface area contributed by atoms with Crippen molar-refractivity contribution in [2.75, 3.05) is 6.54 Å². The molecule has 0 saturated carbocycles. The van der Waals surface area contributed by atoms with Crippen LogP contribution in [-0.4, -0.2) is 29.6 Å². The average Bonchev–Trinajstić information content (AvgIpc) is 3.00. The van der Waals surface area contributed by atoms with E-state index >= 15 is 0 Å². The van der Waals surface area contributed by atoms with Crippen LogP contribution in [0.4, 0.5) is 0 Å². The molecule has 1 saturated heterocycles. The summed E-state index contributed by atoms with van der Waals surface area (Å²) in [6, 6.07) is 27.8. The van der Waals surface area contributed by atoms with Crippen molar-refractivity contribution in [2.45, 2.75) is 44.6 Å². The molecule has 3 N–H and O–H groups in total. The highest BCUT2D eigenvalue weighted by Gasteiger charge is 2.26. The Hall–Kier alpha value is -3.15. The van der Waals surface area contributed by atoms with Crippen molar-refractivity contribution in [2.24, 2.45) is 5.73 Å². The van der Waals surface area contributed by atoms with E-state index in [-0.39, 0.29) is 18.1 Å². The molecule has 0 aromatic heterocycles. The monoisotopic (exact) mass is 429 g/mol. The molecular formula is C27H31N3O2. The first-order valence-corrected chi connectivity index (χ1v) is 11.3. The molecule has 5 heteroatoms. The van der Waals surface area contributed by atoms with Crippen LogP contribution in [0.1, 0.15) is 40.7 Å². The SMILES string of the molecule is NC1CCCN(Cc2ccccc2)C(NC(=O)c2cccc(OCc3ccccc3)c2)C1. The highest BCUT2D eigenvalue weighted by atomic mass is 16.5. The van der Waals surface area contributed by atoms with Gasteiger partial charge in [-0.15, -0.1) is 0 Å². The van der Waals surface area contributed by atoms with E-state index in [0.29, 0.717) is 17.9 Å². The molecule has 0 bridgehead atoms. The van der Waals surface area contributed by atoms with Crippen LogP contribution < -0.4 is 15.8 Å². The topological polar surface area (TPSA) is 67.6 Å². The second-order valence-corrected chi connectivity index (χ2v) is 8.39. The largest absolute Gasteiger partial charge is 0.489 e. The van der Waals surface area contributed by atoms with Crippen molar-refractivity contribution >= 4 is 5.91 Å². The number of hydrogen-bond acceptors (Lipinski definition) is 4. The molecule has 1 heterocycles. The molecule has 0 aliphatic carbocycles. The summed E-state index contributed by atoms with van der Waals surface area (Å²) in [5.74, 6) is 0.576. The van der Waals surface area contributed by atoms with Gasteiger partial charge in [0, 0.05) is 24.7 Å². The van der Waals surface area contributed by atoms with E-state index in [1.165, 1.54) is 5.56 Å². The van der Waals surface area contributed by atoms with Crippen molar-refractivity contribution in [3.8, 4) is 5.75 Å². The van der Waals surface area contributed by atoms with Crippen LogP contribution in [-0.2, 0) is 13.2 Å². The predicted molar refractivity (Wildman–Crippen MR) is 127 cm³/mol. The smallest absolute Gasteiger partial charge is 0.252 e. The minimum absolute atomic E-state index is 0.0848. The Morgan fingerprint density at radius 2 is 1.69 bits per heavy atom. The summed E-state index contributed by atoms with van der Waals surface area (Å²) in [5.41, 5.74) is 9.23. The van der Waals surface area contributed by atoms with Gasteiger partial charge in [-0.3, -0.25) is 9.69 Å². The Morgan fingerprint density at radius 3 is 2.44 bits per heavy atom. The van der Waals surface area contributed by atoms with Gasteiger partial charge in [-0.25, -0.2) is 0 Å².